The molecule has 0 N–H and O–H groups in total. The Morgan fingerprint density at radius 1 is 1.07 bits per heavy atom. The number of nitrogens with zero attached hydrogens (tertiary/aromatic N) is 2. The number of thioether (sulfide) groups is 1. The monoisotopic (exact) mass is 610 g/mol. The van der Waals surface area contributed by atoms with E-state index < -0.39 is 28.1 Å². The van der Waals surface area contributed by atoms with E-state index in [2.05, 4.69) is 0 Å². The van der Waals surface area contributed by atoms with Crippen LogP contribution in [0.1, 0.15) is 18.1 Å². The molecule has 0 radical (unpaired) electrons. The molecule has 8 nitrogen and oxygen atoms in total. The van der Waals surface area contributed by atoms with Gasteiger partial charge in [-0.05, 0) is 61.0 Å². The number of anilines is 1. The molecule has 0 aliphatic carbocycles. The zero-order valence-electron chi connectivity index (χ0n) is 20.7. The van der Waals surface area contributed by atoms with Crippen LogP contribution in [0.3, 0.4) is 0 Å². The van der Waals surface area contributed by atoms with Gasteiger partial charge in [-0.15, -0.1) is 0 Å². The summed E-state index contributed by atoms with van der Waals surface area (Å²) >= 11 is 12.7. The molecule has 0 bridgehead atoms. The van der Waals surface area contributed by atoms with Gasteiger partial charge >= 0.3 is 11.9 Å². The van der Waals surface area contributed by atoms with Crippen LogP contribution in [0, 0.1) is 10.1 Å². The van der Waals surface area contributed by atoms with E-state index >= 15 is 0 Å². The van der Waals surface area contributed by atoms with Gasteiger partial charge in [0.15, 0.2) is 15.8 Å². The first kappa shape index (κ1) is 29.2. The molecule has 14 heteroatoms. The van der Waals surface area contributed by atoms with E-state index in [4.69, 9.17) is 38.0 Å². The van der Waals surface area contributed by atoms with Crippen molar-refractivity contribution in [3.8, 4) is 23.0 Å². The normalized spacial score (nSPS) is 14.6. The van der Waals surface area contributed by atoms with Gasteiger partial charge in [0, 0.05) is 6.07 Å². The Hall–Kier alpha value is -3.81. The van der Waals surface area contributed by atoms with Crippen molar-refractivity contribution in [3.05, 3.63) is 85.8 Å². The molecule has 3 aromatic carbocycles. The predicted molar refractivity (Wildman–Crippen MR) is 149 cm³/mol. The number of nitro groups is 1. The molecule has 1 aliphatic rings. The predicted octanol–water partition coefficient (Wildman–Crippen LogP) is 7.87. The zero-order valence-corrected chi connectivity index (χ0v) is 23.0. The molecule has 208 valence electrons. The highest BCUT2D eigenvalue weighted by Crippen LogP contribution is 2.42. The van der Waals surface area contributed by atoms with Crippen LogP contribution in [0.2, 0.25) is 5.02 Å². The molecule has 1 saturated heterocycles. The fourth-order valence-corrected chi connectivity index (χ4v) is 5.20. The molecule has 40 heavy (non-hydrogen) atoms. The lowest BCUT2D eigenvalue weighted by atomic mass is 10.1. The molecule has 0 saturated carbocycles. The van der Waals surface area contributed by atoms with Crippen molar-refractivity contribution in [1.82, 2.24) is 0 Å². The van der Waals surface area contributed by atoms with Crippen molar-refractivity contribution in [2.45, 2.75) is 13.1 Å². The van der Waals surface area contributed by atoms with Gasteiger partial charge in [0.25, 0.3) is 5.91 Å². The van der Waals surface area contributed by atoms with E-state index in [0.29, 0.717) is 39.1 Å². The first-order chi connectivity index (χ1) is 18.9. The molecule has 0 atom stereocenters. The second-order valence-corrected chi connectivity index (χ2v) is 10.1. The van der Waals surface area contributed by atoms with Crippen LogP contribution in [0.15, 0.2) is 59.5 Å². The lowest BCUT2D eigenvalue weighted by Crippen LogP contribution is -2.27. The average molecular weight is 611 g/mol. The van der Waals surface area contributed by atoms with Crippen LogP contribution in [0.4, 0.5) is 24.5 Å². The Labute approximate surface area is 240 Å². The number of hydrogen-bond donors (Lipinski definition) is 0. The highest BCUT2D eigenvalue weighted by molar-refractivity contribution is 8.27. The Kier molecular flexibility index (Phi) is 8.57. The summed E-state index contributed by atoms with van der Waals surface area (Å²) in [6, 6.07) is 11.3. The van der Waals surface area contributed by atoms with Crippen LogP contribution >= 0.6 is 35.6 Å². The number of hydrogen-bond acceptors (Lipinski definition) is 8. The Morgan fingerprint density at radius 3 is 2.40 bits per heavy atom. The maximum absolute atomic E-state index is 13.2. The smallest absolute Gasteiger partial charge is 0.416 e. The van der Waals surface area contributed by atoms with E-state index in [1.807, 2.05) is 0 Å². The number of benzene rings is 3. The van der Waals surface area contributed by atoms with Crippen LogP contribution in [0.5, 0.6) is 23.0 Å². The number of carbonyl (C=O) groups excluding carboxylic acids is 1. The topological polar surface area (TPSA) is 91.1 Å². The molecule has 4 rings (SSSR count). The molecule has 0 spiro atoms. The fraction of sp³-hybridized carbons (Fsp3) is 0.154. The summed E-state index contributed by atoms with van der Waals surface area (Å²) in [4.78, 5) is 25.3. The third-order valence-electron chi connectivity index (χ3n) is 5.46. The lowest BCUT2D eigenvalue weighted by Gasteiger charge is -2.15. The number of amides is 1. The van der Waals surface area contributed by atoms with Gasteiger partial charge in [-0.1, -0.05) is 41.6 Å². The molecule has 1 aliphatic heterocycles. The summed E-state index contributed by atoms with van der Waals surface area (Å²) in [7, 11) is 1.47. The SMILES string of the molecule is CCOc1cc(/C=C2/SC(=S)N(c3ccc(OC)c(Cl)c3)C2=O)ccc1Oc1ccc(C(F)(F)F)cc1[N+](=O)[O-]. The zero-order chi connectivity index (χ0) is 29.2. The summed E-state index contributed by atoms with van der Waals surface area (Å²) in [6.45, 7) is 1.89. The van der Waals surface area contributed by atoms with Crippen LogP contribution < -0.4 is 19.1 Å². The maximum Gasteiger partial charge on any atom is 0.416 e. The van der Waals surface area contributed by atoms with Crippen molar-refractivity contribution >= 4 is 63.3 Å². The van der Waals surface area contributed by atoms with Crippen LogP contribution in [-0.4, -0.2) is 28.9 Å². The molecule has 3 aromatic rings. The molecular formula is C26H18ClF3N2O6S2. The highest BCUT2D eigenvalue weighted by atomic mass is 35.5. The van der Waals surface area contributed by atoms with E-state index in [1.54, 1.807) is 37.3 Å². The number of methoxy groups -OCH3 is 1. The van der Waals surface area contributed by atoms with Gasteiger partial charge in [-0.3, -0.25) is 19.8 Å². The van der Waals surface area contributed by atoms with Crippen molar-refractivity contribution in [1.29, 1.82) is 0 Å². The summed E-state index contributed by atoms with van der Waals surface area (Å²) in [6.07, 6.45) is -3.18. The quantitative estimate of drug-likeness (QED) is 0.110. The summed E-state index contributed by atoms with van der Waals surface area (Å²) in [5.41, 5.74) is -1.05. The molecular weight excluding hydrogens is 593 g/mol. The van der Waals surface area contributed by atoms with Gasteiger partial charge in [0.2, 0.25) is 5.75 Å². The fourth-order valence-electron chi connectivity index (χ4n) is 3.64. The second-order valence-electron chi connectivity index (χ2n) is 8.01. The molecule has 0 aromatic heterocycles. The van der Waals surface area contributed by atoms with Crippen LogP contribution in [-0.2, 0) is 11.0 Å². The van der Waals surface area contributed by atoms with E-state index in [0.717, 1.165) is 17.8 Å². The average Bonchev–Trinajstić information content (AvgIpc) is 3.17. The van der Waals surface area contributed by atoms with E-state index in [9.17, 15) is 28.1 Å². The number of halogens is 4. The number of rotatable bonds is 8. The summed E-state index contributed by atoms with van der Waals surface area (Å²) in [5.74, 6) is -0.149. The first-order valence-corrected chi connectivity index (χ1v) is 12.9. The standard InChI is InChI=1S/C26H18ClF3N2O6S2/c1-3-37-22-10-14(4-7-21(22)38-20-8-5-15(26(28,29)30)12-18(20)32(34)35)11-23-24(33)31(25(39)40-23)16-6-9-19(36-2)17(27)13-16/h4-13H,3H2,1-2H3/b23-11+. The van der Waals surface area contributed by atoms with Gasteiger partial charge < -0.3 is 14.2 Å². The lowest BCUT2D eigenvalue weighted by molar-refractivity contribution is -0.385. The summed E-state index contributed by atoms with van der Waals surface area (Å²) in [5, 5.41) is 11.8. The minimum atomic E-state index is -4.76. The minimum Gasteiger partial charge on any atom is -0.495 e. The van der Waals surface area contributed by atoms with E-state index in [1.165, 1.54) is 24.1 Å². The maximum atomic E-state index is 13.2. The van der Waals surface area contributed by atoms with Gasteiger partial charge in [-0.2, -0.15) is 13.2 Å². The number of thiocarbonyl (C=S) groups is 1. The largest absolute Gasteiger partial charge is 0.495 e. The van der Waals surface area contributed by atoms with Gasteiger partial charge in [-0.25, -0.2) is 0 Å². The highest BCUT2D eigenvalue weighted by Gasteiger charge is 2.35. The third-order valence-corrected chi connectivity index (χ3v) is 7.05. The Balaban J connectivity index is 1.63. The van der Waals surface area contributed by atoms with Gasteiger partial charge in [0.1, 0.15) is 5.75 Å². The minimum absolute atomic E-state index is 0.0299. The van der Waals surface area contributed by atoms with Crippen molar-refractivity contribution in [2.24, 2.45) is 0 Å². The Morgan fingerprint density at radius 2 is 1.77 bits per heavy atom. The number of alkyl halides is 3. The molecule has 0 unspecified atom stereocenters. The van der Waals surface area contributed by atoms with Crippen molar-refractivity contribution in [2.75, 3.05) is 18.6 Å². The second kappa shape index (κ2) is 11.7. The number of ether oxygens (including phenoxy) is 3. The van der Waals surface area contributed by atoms with E-state index in [-0.39, 0.29) is 28.3 Å². The molecule has 1 amide bonds. The van der Waals surface area contributed by atoms with Gasteiger partial charge in [0.05, 0.1) is 39.8 Å². The molecule has 1 heterocycles. The first-order valence-electron chi connectivity index (χ1n) is 11.3. The van der Waals surface area contributed by atoms with Crippen molar-refractivity contribution < 1.29 is 37.1 Å². The van der Waals surface area contributed by atoms with Crippen LogP contribution in [0.25, 0.3) is 6.08 Å². The Bertz CT molecular complexity index is 1550. The number of carbonyl (C=O) groups is 1. The van der Waals surface area contributed by atoms with Crippen molar-refractivity contribution in [3.63, 3.8) is 0 Å². The summed E-state index contributed by atoms with van der Waals surface area (Å²) < 4.78 is 55.8. The third kappa shape index (κ3) is 6.16. The number of nitro benzene ring substituents is 1. The molecule has 1 fully saturated rings.